The molecule has 0 heterocycles. The number of carbonyl (C=O) groups is 1. The lowest BCUT2D eigenvalue weighted by atomic mass is 9.96. The molecule has 0 aliphatic carbocycles. The van der Waals surface area contributed by atoms with Gasteiger partial charge in [0.05, 0.1) is 6.61 Å². The smallest absolute Gasteiger partial charge is 0.331 e. The Balaban J connectivity index is 1.64. The first kappa shape index (κ1) is 28.4. The maximum atomic E-state index is 11.6. The van der Waals surface area contributed by atoms with Crippen LogP contribution in [0.15, 0.2) is 65.2 Å². The van der Waals surface area contributed by atoms with E-state index in [-0.39, 0.29) is 5.92 Å². The Morgan fingerprint density at radius 2 is 1.57 bits per heavy atom. The Morgan fingerprint density at radius 3 is 2.23 bits per heavy atom. The highest BCUT2D eigenvalue weighted by molar-refractivity contribution is 5.92. The van der Waals surface area contributed by atoms with Gasteiger partial charge in [0.25, 0.3) is 0 Å². The Hall–Kier alpha value is -2.88. The van der Waals surface area contributed by atoms with Gasteiger partial charge in [0.2, 0.25) is 0 Å². The number of benzene rings is 2. The summed E-state index contributed by atoms with van der Waals surface area (Å²) in [4.78, 5) is 16.2. The monoisotopic (exact) mass is 477 g/mol. The Bertz CT molecular complexity index is 887. The molecule has 2 aromatic rings. The van der Waals surface area contributed by atoms with Gasteiger partial charge in [-0.15, -0.1) is 0 Å². The maximum absolute atomic E-state index is 11.6. The largest absolute Gasteiger partial charge is 0.494 e. The van der Waals surface area contributed by atoms with Crippen LogP contribution < -0.4 is 4.74 Å². The first-order valence-corrected chi connectivity index (χ1v) is 13.3. The lowest BCUT2D eigenvalue weighted by molar-refractivity contribution is -0.132. The summed E-state index contributed by atoms with van der Waals surface area (Å²) in [6.45, 7) is 5.79. The van der Waals surface area contributed by atoms with Gasteiger partial charge in [-0.2, -0.15) is 0 Å². The van der Waals surface area contributed by atoms with Gasteiger partial charge in [0.15, 0.2) is 0 Å². The van der Waals surface area contributed by atoms with Crippen molar-refractivity contribution in [2.45, 2.75) is 78.1 Å². The van der Waals surface area contributed by atoms with E-state index < -0.39 is 5.97 Å². The third-order valence-corrected chi connectivity index (χ3v) is 6.12. The number of nitrogens with zero attached hydrogens (tertiary/aromatic N) is 1. The molecule has 190 valence electrons. The average Bonchev–Trinajstić information content (AvgIpc) is 2.86. The molecule has 1 unspecified atom stereocenters. The Labute approximate surface area is 212 Å². The highest BCUT2D eigenvalue weighted by Gasteiger charge is 2.12. The van der Waals surface area contributed by atoms with E-state index in [9.17, 15) is 9.90 Å². The van der Waals surface area contributed by atoms with Gasteiger partial charge in [-0.3, -0.25) is 4.99 Å². The number of rotatable bonds is 18. The first-order chi connectivity index (χ1) is 17.1. The van der Waals surface area contributed by atoms with Crippen molar-refractivity contribution >= 4 is 18.3 Å². The van der Waals surface area contributed by atoms with E-state index in [2.05, 4.69) is 18.8 Å². The third-order valence-electron chi connectivity index (χ3n) is 6.12. The highest BCUT2D eigenvalue weighted by Crippen LogP contribution is 2.19. The van der Waals surface area contributed by atoms with E-state index in [1.807, 2.05) is 60.8 Å². The second-order valence-corrected chi connectivity index (χ2v) is 9.41. The summed E-state index contributed by atoms with van der Waals surface area (Å²) in [6, 6.07) is 17.7. The van der Waals surface area contributed by atoms with Gasteiger partial charge in [-0.1, -0.05) is 89.1 Å². The number of carboxylic acids is 1. The van der Waals surface area contributed by atoms with Gasteiger partial charge >= 0.3 is 5.97 Å². The van der Waals surface area contributed by atoms with Crippen molar-refractivity contribution in [3.8, 4) is 5.75 Å². The average molecular weight is 478 g/mol. The minimum atomic E-state index is -0.853. The number of carboxylic acid groups (broad SMARTS) is 1. The molecule has 0 bridgehead atoms. The summed E-state index contributed by atoms with van der Waals surface area (Å²) in [5.74, 6) is 0.296. The van der Waals surface area contributed by atoms with Crippen molar-refractivity contribution < 1.29 is 14.6 Å². The lowest BCUT2D eigenvalue weighted by Crippen LogP contribution is -2.07. The molecule has 0 aromatic heterocycles. The summed E-state index contributed by atoms with van der Waals surface area (Å²) >= 11 is 0. The summed E-state index contributed by atoms with van der Waals surface area (Å²) < 4.78 is 5.86. The zero-order valence-electron chi connectivity index (χ0n) is 21.6. The maximum Gasteiger partial charge on any atom is 0.331 e. The van der Waals surface area contributed by atoms with Crippen LogP contribution >= 0.6 is 0 Å². The van der Waals surface area contributed by atoms with Crippen LogP contribution in [0.3, 0.4) is 0 Å². The van der Waals surface area contributed by atoms with Crippen LogP contribution in [-0.2, 0) is 4.79 Å². The summed E-state index contributed by atoms with van der Waals surface area (Å²) in [5, 5.41) is 9.55. The van der Waals surface area contributed by atoms with Crippen molar-refractivity contribution in [2.75, 3.05) is 13.2 Å². The molecular weight excluding hydrogens is 434 g/mol. The molecule has 0 fully saturated rings. The topological polar surface area (TPSA) is 58.9 Å². The van der Waals surface area contributed by atoms with Crippen LogP contribution in [0.1, 0.15) is 89.2 Å². The van der Waals surface area contributed by atoms with Crippen LogP contribution in [0, 0.1) is 5.92 Å². The van der Waals surface area contributed by atoms with Crippen LogP contribution in [-0.4, -0.2) is 30.4 Å². The fraction of sp³-hybridized carbons (Fsp3) is 0.484. The Morgan fingerprint density at radius 1 is 0.914 bits per heavy atom. The number of hydrogen-bond donors (Lipinski definition) is 1. The van der Waals surface area contributed by atoms with E-state index in [0.29, 0.717) is 18.5 Å². The first-order valence-electron chi connectivity index (χ1n) is 13.3. The van der Waals surface area contributed by atoms with Crippen molar-refractivity contribution in [3.63, 3.8) is 0 Å². The summed E-state index contributed by atoms with van der Waals surface area (Å²) in [5.41, 5.74) is 2.41. The standard InChI is InChI=1S/C31H43NO3/c1-3-4-5-6-7-8-9-13-22-35-30-18-16-28(17-19-30)25-32-21-20-26(2)23-29(31(33)34)24-27-14-11-10-12-15-27/h10-12,14-19,24-26H,3-9,13,20-23H2,1-2H3,(H,33,34). The molecular formula is C31H43NO3. The van der Waals surface area contributed by atoms with Gasteiger partial charge in [-0.25, -0.2) is 4.79 Å². The van der Waals surface area contributed by atoms with Crippen molar-refractivity contribution in [1.82, 2.24) is 0 Å². The van der Waals surface area contributed by atoms with E-state index in [0.717, 1.165) is 36.3 Å². The highest BCUT2D eigenvalue weighted by atomic mass is 16.5. The molecule has 0 saturated heterocycles. The molecule has 0 amide bonds. The van der Waals surface area contributed by atoms with E-state index in [1.54, 1.807) is 6.08 Å². The SMILES string of the molecule is CCCCCCCCCCOc1ccc(C=NCCC(C)CC(=Cc2ccccc2)C(=O)O)cc1. The lowest BCUT2D eigenvalue weighted by Gasteiger charge is -2.10. The molecule has 35 heavy (non-hydrogen) atoms. The summed E-state index contributed by atoms with van der Waals surface area (Å²) in [6.07, 6.45) is 15.4. The molecule has 0 aliphatic heterocycles. The molecule has 4 nitrogen and oxygen atoms in total. The predicted octanol–water partition coefficient (Wildman–Crippen LogP) is 8.21. The van der Waals surface area contributed by atoms with Gasteiger partial charge in [0.1, 0.15) is 5.75 Å². The number of hydrogen-bond acceptors (Lipinski definition) is 3. The van der Waals surface area contributed by atoms with Crippen LogP contribution in [0.2, 0.25) is 0 Å². The molecule has 0 saturated carbocycles. The second-order valence-electron chi connectivity index (χ2n) is 9.41. The molecule has 1 N–H and O–H groups in total. The van der Waals surface area contributed by atoms with Crippen LogP contribution in [0.5, 0.6) is 5.75 Å². The van der Waals surface area contributed by atoms with Crippen LogP contribution in [0.25, 0.3) is 6.08 Å². The molecule has 0 radical (unpaired) electrons. The molecule has 2 aromatic carbocycles. The number of ether oxygens (including phenoxy) is 1. The fourth-order valence-electron chi connectivity index (χ4n) is 3.98. The van der Waals surface area contributed by atoms with Crippen LogP contribution in [0.4, 0.5) is 0 Å². The zero-order chi connectivity index (χ0) is 25.1. The third kappa shape index (κ3) is 13.0. The molecule has 1 atom stereocenters. The fourth-order valence-corrected chi connectivity index (χ4v) is 3.98. The number of unbranched alkanes of at least 4 members (excludes halogenated alkanes) is 7. The second kappa shape index (κ2) is 17.5. The molecule has 0 aliphatic rings. The number of aliphatic imine (C=N–C) groups is 1. The van der Waals surface area contributed by atoms with Crippen molar-refractivity contribution in [1.29, 1.82) is 0 Å². The Kier molecular flexibility index (Phi) is 14.2. The normalized spacial score (nSPS) is 12.7. The summed E-state index contributed by atoms with van der Waals surface area (Å²) in [7, 11) is 0. The molecule has 4 heteroatoms. The molecule has 2 rings (SSSR count). The van der Waals surface area contributed by atoms with E-state index in [1.165, 1.54) is 44.9 Å². The van der Waals surface area contributed by atoms with Crippen molar-refractivity contribution in [2.24, 2.45) is 10.9 Å². The predicted molar refractivity (Wildman–Crippen MR) is 147 cm³/mol. The minimum absolute atomic E-state index is 0.241. The van der Waals surface area contributed by atoms with Gasteiger partial charge in [-0.05, 0) is 66.6 Å². The van der Waals surface area contributed by atoms with Gasteiger partial charge < -0.3 is 9.84 Å². The number of aliphatic carboxylic acids is 1. The van der Waals surface area contributed by atoms with Crippen molar-refractivity contribution in [3.05, 3.63) is 71.3 Å². The van der Waals surface area contributed by atoms with Gasteiger partial charge in [0, 0.05) is 18.3 Å². The zero-order valence-corrected chi connectivity index (χ0v) is 21.6. The van der Waals surface area contributed by atoms with E-state index >= 15 is 0 Å². The minimum Gasteiger partial charge on any atom is -0.494 e. The quantitative estimate of drug-likeness (QED) is 0.134. The van der Waals surface area contributed by atoms with E-state index in [4.69, 9.17) is 4.74 Å². The molecule has 0 spiro atoms.